The maximum Gasteiger partial charge on any atom is 0.293 e. The van der Waals surface area contributed by atoms with Gasteiger partial charge in [0.2, 0.25) is 5.78 Å². The minimum atomic E-state index is -0.377. The van der Waals surface area contributed by atoms with Crippen LogP contribution in [0.25, 0.3) is 0 Å². The zero-order valence-corrected chi connectivity index (χ0v) is 10.1. The Bertz CT molecular complexity index is 529. The van der Waals surface area contributed by atoms with E-state index < -0.39 is 0 Å². The second-order valence-corrected chi connectivity index (χ2v) is 4.47. The molecule has 88 valence electrons. The second kappa shape index (κ2) is 4.13. The fourth-order valence-corrected chi connectivity index (χ4v) is 1.60. The summed E-state index contributed by atoms with van der Waals surface area (Å²) in [5.41, 5.74) is 0.703. The number of Topliss-reactive ketones (excluding diaryl/α,β-unsaturated/α-hetero) is 1. The monoisotopic (exact) mass is 230 g/mol. The lowest BCUT2D eigenvalue weighted by Crippen LogP contribution is -2.20. The highest BCUT2D eigenvalue weighted by Crippen LogP contribution is 2.28. The van der Waals surface area contributed by atoms with Crippen LogP contribution in [0.4, 0.5) is 0 Å². The molecule has 0 aliphatic heterocycles. The average Bonchev–Trinajstić information content (AvgIpc) is 2.80. The van der Waals surface area contributed by atoms with Crippen LogP contribution in [0.15, 0.2) is 34.9 Å². The van der Waals surface area contributed by atoms with E-state index in [4.69, 9.17) is 4.52 Å². The predicted molar refractivity (Wildman–Crippen MR) is 62.9 cm³/mol. The van der Waals surface area contributed by atoms with Gasteiger partial charge in [-0.15, -0.1) is 0 Å². The molecule has 1 aromatic heterocycles. The minimum absolute atomic E-state index is 0.0593. The van der Waals surface area contributed by atoms with Gasteiger partial charge in [0, 0.05) is 6.92 Å². The maximum absolute atomic E-state index is 11.1. The number of hydrogen-bond acceptors (Lipinski definition) is 4. The van der Waals surface area contributed by atoms with Crippen molar-refractivity contribution >= 4 is 5.78 Å². The van der Waals surface area contributed by atoms with Gasteiger partial charge >= 0.3 is 0 Å². The first-order valence-corrected chi connectivity index (χ1v) is 5.42. The van der Waals surface area contributed by atoms with Crippen LogP contribution in [0.5, 0.6) is 0 Å². The topological polar surface area (TPSA) is 56.0 Å². The molecule has 4 heteroatoms. The lowest BCUT2D eigenvalue weighted by atomic mass is 9.84. The Labute approximate surface area is 99.7 Å². The summed E-state index contributed by atoms with van der Waals surface area (Å²) < 4.78 is 4.92. The molecule has 0 spiro atoms. The Balaban J connectivity index is 2.41. The quantitative estimate of drug-likeness (QED) is 0.760. The van der Waals surface area contributed by atoms with Crippen LogP contribution < -0.4 is 0 Å². The Morgan fingerprint density at radius 2 is 1.88 bits per heavy atom. The third kappa shape index (κ3) is 2.11. The van der Waals surface area contributed by atoms with Gasteiger partial charge in [0.1, 0.15) is 0 Å². The average molecular weight is 230 g/mol. The SMILES string of the molecule is CC(=O)c1nc(C(C)(C)c2ccccc2)no1. The number of nitrogens with zero attached hydrogens (tertiary/aromatic N) is 2. The van der Waals surface area contributed by atoms with Crippen molar-refractivity contribution in [2.75, 3.05) is 0 Å². The molecule has 1 heterocycles. The van der Waals surface area contributed by atoms with Crippen molar-refractivity contribution in [3.8, 4) is 0 Å². The molecular formula is C13H14N2O2. The molecule has 0 saturated heterocycles. The summed E-state index contributed by atoms with van der Waals surface area (Å²) >= 11 is 0. The highest BCUT2D eigenvalue weighted by atomic mass is 16.5. The zero-order valence-electron chi connectivity index (χ0n) is 10.1. The molecule has 1 aromatic carbocycles. The molecule has 0 radical (unpaired) electrons. The minimum Gasteiger partial charge on any atom is -0.331 e. The molecule has 0 bridgehead atoms. The number of benzene rings is 1. The second-order valence-electron chi connectivity index (χ2n) is 4.47. The summed E-state index contributed by atoms with van der Waals surface area (Å²) in [6.07, 6.45) is 0. The first kappa shape index (κ1) is 11.5. The van der Waals surface area contributed by atoms with E-state index in [0.717, 1.165) is 5.56 Å². The van der Waals surface area contributed by atoms with Crippen LogP contribution in [-0.2, 0) is 5.41 Å². The van der Waals surface area contributed by atoms with E-state index in [9.17, 15) is 4.79 Å². The van der Waals surface area contributed by atoms with E-state index in [1.807, 2.05) is 44.2 Å². The van der Waals surface area contributed by atoms with Gasteiger partial charge in [-0.05, 0) is 19.4 Å². The first-order valence-electron chi connectivity index (χ1n) is 5.42. The van der Waals surface area contributed by atoms with Crippen LogP contribution in [0, 0.1) is 0 Å². The lowest BCUT2D eigenvalue weighted by Gasteiger charge is -2.20. The summed E-state index contributed by atoms with van der Waals surface area (Å²) in [7, 11) is 0. The van der Waals surface area contributed by atoms with Gasteiger partial charge in [-0.2, -0.15) is 4.98 Å². The first-order chi connectivity index (χ1) is 8.01. The van der Waals surface area contributed by atoms with Crippen LogP contribution >= 0.6 is 0 Å². The number of aromatic nitrogens is 2. The smallest absolute Gasteiger partial charge is 0.293 e. The van der Waals surface area contributed by atoms with Crippen molar-refractivity contribution in [1.29, 1.82) is 0 Å². The van der Waals surface area contributed by atoms with E-state index in [2.05, 4.69) is 10.1 Å². The highest BCUT2D eigenvalue weighted by Gasteiger charge is 2.29. The summed E-state index contributed by atoms with van der Waals surface area (Å²) in [4.78, 5) is 15.3. The van der Waals surface area contributed by atoms with Crippen molar-refractivity contribution in [2.45, 2.75) is 26.2 Å². The summed E-state index contributed by atoms with van der Waals surface area (Å²) in [5.74, 6) is 0.366. The van der Waals surface area contributed by atoms with Crippen molar-refractivity contribution in [3.63, 3.8) is 0 Å². The Morgan fingerprint density at radius 1 is 1.24 bits per heavy atom. The number of ketones is 1. The Kier molecular flexibility index (Phi) is 2.79. The van der Waals surface area contributed by atoms with E-state index in [1.165, 1.54) is 6.92 Å². The van der Waals surface area contributed by atoms with Crippen LogP contribution in [0.3, 0.4) is 0 Å². The van der Waals surface area contributed by atoms with Gasteiger partial charge in [-0.25, -0.2) is 0 Å². The van der Waals surface area contributed by atoms with Crippen molar-refractivity contribution in [2.24, 2.45) is 0 Å². The molecule has 2 aromatic rings. The molecular weight excluding hydrogens is 216 g/mol. The number of rotatable bonds is 3. The molecule has 2 rings (SSSR count). The van der Waals surface area contributed by atoms with Gasteiger partial charge in [-0.3, -0.25) is 4.79 Å². The molecule has 4 nitrogen and oxygen atoms in total. The molecule has 0 unspecified atom stereocenters. The number of carbonyl (C=O) groups excluding carboxylic acids is 1. The zero-order chi connectivity index (χ0) is 12.5. The molecule has 0 amide bonds. The summed E-state index contributed by atoms with van der Waals surface area (Å²) in [5, 5.41) is 3.88. The van der Waals surface area contributed by atoms with Crippen LogP contribution in [0.2, 0.25) is 0 Å². The van der Waals surface area contributed by atoms with Gasteiger partial charge in [0.25, 0.3) is 5.89 Å². The maximum atomic E-state index is 11.1. The van der Waals surface area contributed by atoms with Gasteiger partial charge in [-0.1, -0.05) is 35.5 Å². The van der Waals surface area contributed by atoms with E-state index in [1.54, 1.807) is 0 Å². The third-order valence-corrected chi connectivity index (χ3v) is 2.78. The highest BCUT2D eigenvalue weighted by molar-refractivity contribution is 5.89. The van der Waals surface area contributed by atoms with Gasteiger partial charge < -0.3 is 4.52 Å². The summed E-state index contributed by atoms with van der Waals surface area (Å²) in [6.45, 7) is 5.40. The van der Waals surface area contributed by atoms with E-state index in [0.29, 0.717) is 5.82 Å². The number of hydrogen-bond donors (Lipinski definition) is 0. The Morgan fingerprint density at radius 3 is 2.41 bits per heavy atom. The molecule has 0 aliphatic carbocycles. The molecule has 0 saturated carbocycles. The normalized spacial score (nSPS) is 11.5. The Hall–Kier alpha value is -1.97. The molecule has 0 atom stereocenters. The number of carbonyl (C=O) groups is 1. The standard InChI is InChI=1S/C13H14N2O2/c1-9(16)11-14-12(15-17-11)13(2,3)10-7-5-4-6-8-10/h4-8H,1-3H3. The van der Waals surface area contributed by atoms with Crippen molar-refractivity contribution in [3.05, 3.63) is 47.6 Å². The van der Waals surface area contributed by atoms with E-state index >= 15 is 0 Å². The fraction of sp³-hybridized carbons (Fsp3) is 0.308. The third-order valence-electron chi connectivity index (χ3n) is 2.78. The van der Waals surface area contributed by atoms with Crippen molar-refractivity contribution < 1.29 is 9.32 Å². The van der Waals surface area contributed by atoms with E-state index in [-0.39, 0.29) is 17.1 Å². The molecule has 0 N–H and O–H groups in total. The van der Waals surface area contributed by atoms with Gasteiger partial charge in [0.05, 0.1) is 5.41 Å². The van der Waals surface area contributed by atoms with Crippen LogP contribution in [0.1, 0.15) is 42.8 Å². The largest absolute Gasteiger partial charge is 0.331 e. The summed E-state index contributed by atoms with van der Waals surface area (Å²) in [6, 6.07) is 9.89. The van der Waals surface area contributed by atoms with Crippen LogP contribution in [-0.4, -0.2) is 15.9 Å². The lowest BCUT2D eigenvalue weighted by molar-refractivity contribution is 0.0972. The molecule has 0 fully saturated rings. The molecule has 0 aliphatic rings. The van der Waals surface area contributed by atoms with Crippen molar-refractivity contribution in [1.82, 2.24) is 10.1 Å². The fourth-order valence-electron chi connectivity index (χ4n) is 1.60. The van der Waals surface area contributed by atoms with Gasteiger partial charge in [0.15, 0.2) is 5.82 Å². The predicted octanol–water partition coefficient (Wildman–Crippen LogP) is 2.60. The molecule has 17 heavy (non-hydrogen) atoms.